The fourth-order valence-electron chi connectivity index (χ4n) is 2.33. The van der Waals surface area contributed by atoms with Gasteiger partial charge in [0, 0.05) is 10.6 Å². The van der Waals surface area contributed by atoms with Crippen LogP contribution >= 0.6 is 11.6 Å². The highest BCUT2D eigenvalue weighted by Gasteiger charge is 2.56. The zero-order valence-corrected chi connectivity index (χ0v) is 10.1. The molecule has 0 aliphatic carbocycles. The third-order valence-corrected chi connectivity index (χ3v) is 3.29. The van der Waals surface area contributed by atoms with E-state index in [1.54, 1.807) is 18.2 Å². The van der Waals surface area contributed by atoms with Gasteiger partial charge in [0.25, 0.3) is 11.7 Å². The number of amides is 1. The molecule has 1 spiro atoms. The van der Waals surface area contributed by atoms with Crippen molar-refractivity contribution in [3.63, 3.8) is 0 Å². The van der Waals surface area contributed by atoms with Crippen LogP contribution in [0.5, 0.6) is 0 Å². The van der Waals surface area contributed by atoms with Crippen LogP contribution in [0.1, 0.15) is 5.56 Å². The number of nitriles is 1. The maximum absolute atomic E-state index is 12.4. The zero-order chi connectivity index (χ0) is 12.8. The summed E-state index contributed by atoms with van der Waals surface area (Å²) < 4.78 is 11.0. The monoisotopic (exact) mass is 264 g/mol. The Labute approximate surface area is 108 Å². The molecule has 0 radical (unpaired) electrons. The molecule has 0 atom stereocenters. The highest BCUT2D eigenvalue weighted by Crippen LogP contribution is 2.46. The van der Waals surface area contributed by atoms with E-state index in [0.717, 1.165) is 0 Å². The van der Waals surface area contributed by atoms with Crippen molar-refractivity contribution in [2.24, 2.45) is 0 Å². The van der Waals surface area contributed by atoms with E-state index in [0.29, 0.717) is 29.5 Å². The van der Waals surface area contributed by atoms with Gasteiger partial charge in [0.05, 0.1) is 25.0 Å². The molecule has 3 rings (SSSR count). The molecule has 18 heavy (non-hydrogen) atoms. The van der Waals surface area contributed by atoms with Crippen LogP contribution in [0, 0.1) is 11.3 Å². The largest absolute Gasteiger partial charge is 0.336 e. The summed E-state index contributed by atoms with van der Waals surface area (Å²) in [7, 11) is 0. The minimum atomic E-state index is -1.41. The van der Waals surface area contributed by atoms with Crippen molar-refractivity contribution >= 4 is 23.2 Å². The first-order valence-electron chi connectivity index (χ1n) is 5.46. The molecule has 0 bridgehead atoms. The summed E-state index contributed by atoms with van der Waals surface area (Å²) in [6.45, 7) is 0.651. The Balaban J connectivity index is 2.18. The van der Waals surface area contributed by atoms with Crippen LogP contribution in [-0.2, 0) is 20.1 Å². The van der Waals surface area contributed by atoms with Gasteiger partial charge < -0.3 is 9.47 Å². The van der Waals surface area contributed by atoms with E-state index in [4.69, 9.17) is 26.3 Å². The summed E-state index contributed by atoms with van der Waals surface area (Å²) in [6.07, 6.45) is 0. The van der Waals surface area contributed by atoms with Crippen LogP contribution in [0.4, 0.5) is 5.69 Å². The predicted octanol–water partition coefficient (Wildman–Crippen LogP) is 1.41. The Kier molecular flexibility index (Phi) is 2.52. The van der Waals surface area contributed by atoms with Crippen LogP contribution < -0.4 is 4.90 Å². The molecule has 6 heteroatoms. The number of fused-ring (bicyclic) bond motifs is 2. The highest BCUT2D eigenvalue weighted by molar-refractivity contribution is 6.31. The highest BCUT2D eigenvalue weighted by atomic mass is 35.5. The summed E-state index contributed by atoms with van der Waals surface area (Å²) in [5, 5.41) is 9.30. The number of carbonyl (C=O) groups excluding carboxylic acids is 1. The number of hydrogen-bond donors (Lipinski definition) is 0. The van der Waals surface area contributed by atoms with Crippen LogP contribution in [-0.4, -0.2) is 25.7 Å². The number of ether oxygens (including phenoxy) is 2. The molecular weight excluding hydrogens is 256 g/mol. The van der Waals surface area contributed by atoms with Crippen molar-refractivity contribution < 1.29 is 14.3 Å². The van der Waals surface area contributed by atoms with Gasteiger partial charge in [-0.1, -0.05) is 11.6 Å². The van der Waals surface area contributed by atoms with Gasteiger partial charge in [0.1, 0.15) is 6.54 Å². The molecule has 2 aliphatic heterocycles. The standard InChI is InChI=1S/C12H9ClN2O3/c13-8-1-2-10-9(7-8)12(17-5-6-18-12)11(16)15(10)4-3-14/h1-2,7H,4-6H2. The van der Waals surface area contributed by atoms with Gasteiger partial charge in [-0.25, -0.2) is 0 Å². The summed E-state index contributed by atoms with van der Waals surface area (Å²) in [5.74, 6) is -1.77. The van der Waals surface area contributed by atoms with Crippen molar-refractivity contribution in [2.45, 2.75) is 5.79 Å². The van der Waals surface area contributed by atoms with Crippen molar-refractivity contribution in [1.82, 2.24) is 0 Å². The molecule has 0 aromatic heterocycles. The Morgan fingerprint density at radius 3 is 2.83 bits per heavy atom. The molecule has 1 aromatic rings. The van der Waals surface area contributed by atoms with Gasteiger partial charge >= 0.3 is 0 Å². The van der Waals surface area contributed by atoms with E-state index in [2.05, 4.69) is 0 Å². The van der Waals surface area contributed by atoms with E-state index in [-0.39, 0.29) is 12.5 Å². The van der Waals surface area contributed by atoms with Gasteiger partial charge in [0.2, 0.25) is 0 Å². The van der Waals surface area contributed by atoms with E-state index in [9.17, 15) is 4.79 Å². The molecule has 1 amide bonds. The summed E-state index contributed by atoms with van der Waals surface area (Å²) in [5.41, 5.74) is 1.20. The first kappa shape index (κ1) is 11.5. The zero-order valence-electron chi connectivity index (χ0n) is 9.35. The smallest absolute Gasteiger partial charge is 0.293 e. The van der Waals surface area contributed by atoms with E-state index >= 15 is 0 Å². The lowest BCUT2D eigenvalue weighted by Gasteiger charge is -2.20. The molecular formula is C12H9ClN2O3. The second-order valence-corrected chi connectivity index (χ2v) is 4.46. The molecule has 1 saturated heterocycles. The summed E-state index contributed by atoms with van der Waals surface area (Å²) >= 11 is 5.95. The quantitative estimate of drug-likeness (QED) is 0.720. The Morgan fingerprint density at radius 2 is 2.17 bits per heavy atom. The predicted molar refractivity (Wildman–Crippen MR) is 63.0 cm³/mol. The van der Waals surface area contributed by atoms with Crippen LogP contribution in [0.2, 0.25) is 5.02 Å². The topological polar surface area (TPSA) is 62.6 Å². The number of rotatable bonds is 1. The van der Waals surface area contributed by atoms with E-state index in [1.807, 2.05) is 6.07 Å². The molecule has 0 saturated carbocycles. The van der Waals surface area contributed by atoms with Crippen molar-refractivity contribution in [3.8, 4) is 6.07 Å². The minimum absolute atomic E-state index is 0.0397. The SMILES string of the molecule is N#CCN1C(=O)C2(OCCO2)c2cc(Cl)ccc21. The molecule has 2 aliphatic rings. The Hall–Kier alpha value is -1.61. The van der Waals surface area contributed by atoms with Gasteiger partial charge in [-0.05, 0) is 18.2 Å². The molecule has 5 nitrogen and oxygen atoms in total. The van der Waals surface area contributed by atoms with E-state index in [1.165, 1.54) is 4.90 Å². The lowest BCUT2D eigenvalue weighted by Crippen LogP contribution is -2.41. The third kappa shape index (κ3) is 1.37. The first-order chi connectivity index (χ1) is 8.69. The van der Waals surface area contributed by atoms with Gasteiger partial charge in [-0.3, -0.25) is 9.69 Å². The molecule has 0 unspecified atom stereocenters. The fraction of sp³-hybridized carbons (Fsp3) is 0.333. The molecule has 92 valence electrons. The molecule has 1 fully saturated rings. The average molecular weight is 265 g/mol. The van der Waals surface area contributed by atoms with Crippen LogP contribution in [0.3, 0.4) is 0 Å². The lowest BCUT2D eigenvalue weighted by atomic mass is 10.1. The molecule has 0 N–H and O–H groups in total. The Bertz CT molecular complexity index is 561. The van der Waals surface area contributed by atoms with Crippen molar-refractivity contribution in [3.05, 3.63) is 28.8 Å². The molecule has 1 aromatic carbocycles. The second kappa shape index (κ2) is 3.95. The molecule has 2 heterocycles. The van der Waals surface area contributed by atoms with Crippen LogP contribution in [0.15, 0.2) is 18.2 Å². The van der Waals surface area contributed by atoms with Crippen LogP contribution in [0.25, 0.3) is 0 Å². The first-order valence-corrected chi connectivity index (χ1v) is 5.84. The number of halogens is 1. The number of hydrogen-bond acceptors (Lipinski definition) is 4. The van der Waals surface area contributed by atoms with Gasteiger partial charge in [-0.15, -0.1) is 0 Å². The summed E-state index contributed by atoms with van der Waals surface area (Å²) in [4.78, 5) is 13.7. The maximum atomic E-state index is 12.4. The van der Waals surface area contributed by atoms with Gasteiger partial charge in [-0.2, -0.15) is 5.26 Å². The number of nitrogens with zero attached hydrogens (tertiary/aromatic N) is 2. The lowest BCUT2D eigenvalue weighted by molar-refractivity contribution is -0.180. The second-order valence-electron chi connectivity index (χ2n) is 4.02. The maximum Gasteiger partial charge on any atom is 0.293 e. The number of anilines is 1. The Morgan fingerprint density at radius 1 is 1.44 bits per heavy atom. The normalized spacial score (nSPS) is 20.2. The summed E-state index contributed by atoms with van der Waals surface area (Å²) in [6, 6.07) is 6.99. The number of benzene rings is 1. The minimum Gasteiger partial charge on any atom is -0.336 e. The fourth-order valence-corrected chi connectivity index (χ4v) is 2.50. The van der Waals surface area contributed by atoms with Gasteiger partial charge in [0.15, 0.2) is 0 Å². The average Bonchev–Trinajstić information content (AvgIpc) is 2.92. The number of carbonyl (C=O) groups is 1. The van der Waals surface area contributed by atoms with Crippen molar-refractivity contribution in [2.75, 3.05) is 24.7 Å². The van der Waals surface area contributed by atoms with Crippen molar-refractivity contribution in [1.29, 1.82) is 5.26 Å². The van der Waals surface area contributed by atoms with E-state index < -0.39 is 5.79 Å². The third-order valence-electron chi connectivity index (χ3n) is 3.05.